The van der Waals surface area contributed by atoms with E-state index in [0.717, 1.165) is 16.7 Å². The number of para-hydroxylation sites is 2. The number of rotatable bonds is 11. The maximum absolute atomic E-state index is 13.8. The summed E-state index contributed by atoms with van der Waals surface area (Å²) < 4.78 is 5.16. The molecule has 0 unspecified atom stereocenters. The smallest absolute Gasteiger partial charge is 0.258 e. The highest BCUT2D eigenvalue weighted by Crippen LogP contribution is 2.40. The van der Waals surface area contributed by atoms with Gasteiger partial charge >= 0.3 is 0 Å². The Labute approximate surface area is 256 Å². The standard InChI is InChI=1S/C33H39N3O6S/c1-21-11-10-12-22(2)29(21)42-19-27(38)35-25(17-23-13-6-5-7-14-23)28(39)32(41)36-20-43-33(3,4)30(36)31(40)34-18-24-15-8-9-16-26(24)37/h5-16,25,28,30,37,39H,17-20H2,1-4H3,(H,34,40)(H,35,38)/t25-,28-,30+/m0/s1. The van der Waals surface area contributed by atoms with E-state index in [-0.39, 0.29) is 31.2 Å². The number of ether oxygens (including phenoxy) is 1. The van der Waals surface area contributed by atoms with Crippen LogP contribution >= 0.6 is 11.8 Å². The number of aliphatic hydroxyl groups excluding tert-OH is 1. The van der Waals surface area contributed by atoms with E-state index in [9.17, 15) is 24.6 Å². The van der Waals surface area contributed by atoms with Crippen molar-refractivity contribution in [1.29, 1.82) is 0 Å². The highest BCUT2D eigenvalue weighted by Gasteiger charge is 2.49. The van der Waals surface area contributed by atoms with Crippen molar-refractivity contribution in [3.8, 4) is 11.5 Å². The van der Waals surface area contributed by atoms with Crippen LogP contribution in [0.4, 0.5) is 0 Å². The molecule has 0 radical (unpaired) electrons. The zero-order chi connectivity index (χ0) is 31.1. The fraction of sp³-hybridized carbons (Fsp3) is 0.364. The third kappa shape index (κ3) is 7.88. The number of aryl methyl sites for hydroxylation is 2. The molecule has 3 aromatic rings. The first kappa shape index (κ1) is 31.9. The zero-order valence-electron chi connectivity index (χ0n) is 24.9. The molecule has 3 atom stereocenters. The number of carbonyl (C=O) groups is 3. The predicted octanol–water partition coefficient (Wildman–Crippen LogP) is 3.47. The van der Waals surface area contributed by atoms with E-state index in [2.05, 4.69) is 10.6 Å². The zero-order valence-corrected chi connectivity index (χ0v) is 25.7. The Balaban J connectivity index is 1.49. The van der Waals surface area contributed by atoms with Crippen molar-refractivity contribution in [3.05, 3.63) is 95.1 Å². The number of thioether (sulfide) groups is 1. The van der Waals surface area contributed by atoms with Gasteiger partial charge in [0.05, 0.1) is 11.9 Å². The molecule has 1 aliphatic heterocycles. The maximum Gasteiger partial charge on any atom is 0.258 e. The van der Waals surface area contributed by atoms with Crippen LogP contribution in [0, 0.1) is 13.8 Å². The minimum atomic E-state index is -1.62. The highest BCUT2D eigenvalue weighted by atomic mass is 32.2. The molecule has 4 rings (SSSR count). The van der Waals surface area contributed by atoms with Gasteiger partial charge in [-0.1, -0.05) is 66.7 Å². The van der Waals surface area contributed by atoms with Gasteiger partial charge in [0.15, 0.2) is 12.7 Å². The van der Waals surface area contributed by atoms with Crippen molar-refractivity contribution in [3.63, 3.8) is 0 Å². The largest absolute Gasteiger partial charge is 0.508 e. The first-order valence-corrected chi connectivity index (χ1v) is 15.2. The second kappa shape index (κ2) is 14.0. The van der Waals surface area contributed by atoms with Crippen molar-refractivity contribution in [1.82, 2.24) is 15.5 Å². The Morgan fingerprint density at radius 2 is 1.65 bits per heavy atom. The number of benzene rings is 3. The SMILES string of the molecule is Cc1cccc(C)c1OCC(=O)N[C@@H](Cc1ccccc1)[C@H](O)C(=O)N1CSC(C)(C)[C@H]1C(=O)NCc1ccccc1O. The average Bonchev–Trinajstić information content (AvgIpc) is 3.30. The molecule has 4 N–H and O–H groups in total. The number of hydrogen-bond acceptors (Lipinski definition) is 7. The van der Waals surface area contributed by atoms with Crippen LogP contribution in [-0.4, -0.2) is 68.3 Å². The first-order valence-electron chi connectivity index (χ1n) is 14.2. The average molecular weight is 606 g/mol. The van der Waals surface area contributed by atoms with E-state index in [1.54, 1.807) is 18.2 Å². The van der Waals surface area contributed by atoms with Crippen molar-refractivity contribution in [2.45, 2.75) is 63.6 Å². The van der Waals surface area contributed by atoms with Crippen molar-refractivity contribution in [2.24, 2.45) is 0 Å². The number of phenolic OH excluding ortho intramolecular Hbond substituents is 1. The Bertz CT molecular complexity index is 1430. The molecule has 228 valence electrons. The molecule has 1 saturated heterocycles. The Hall–Kier alpha value is -4.02. The second-order valence-corrected chi connectivity index (χ2v) is 12.9. The molecule has 43 heavy (non-hydrogen) atoms. The molecule has 3 amide bonds. The summed E-state index contributed by atoms with van der Waals surface area (Å²) in [6.45, 7) is 7.32. The molecule has 1 heterocycles. The van der Waals surface area contributed by atoms with Gasteiger partial charge in [0.2, 0.25) is 5.91 Å². The van der Waals surface area contributed by atoms with Crippen LogP contribution in [0.5, 0.6) is 11.5 Å². The number of aromatic hydroxyl groups is 1. The summed E-state index contributed by atoms with van der Waals surface area (Å²) >= 11 is 1.43. The lowest BCUT2D eigenvalue weighted by atomic mass is 9.97. The van der Waals surface area contributed by atoms with Crippen molar-refractivity contribution >= 4 is 29.5 Å². The van der Waals surface area contributed by atoms with Gasteiger partial charge in [-0.15, -0.1) is 11.8 Å². The number of nitrogens with zero attached hydrogens (tertiary/aromatic N) is 1. The van der Waals surface area contributed by atoms with E-state index in [4.69, 9.17) is 4.74 Å². The molecule has 3 aromatic carbocycles. The number of aliphatic hydroxyl groups is 1. The van der Waals surface area contributed by atoms with Crippen LogP contribution in [-0.2, 0) is 27.3 Å². The minimum absolute atomic E-state index is 0.0623. The predicted molar refractivity (Wildman–Crippen MR) is 167 cm³/mol. The van der Waals surface area contributed by atoms with E-state index in [0.29, 0.717) is 11.3 Å². The summed E-state index contributed by atoms with van der Waals surface area (Å²) in [7, 11) is 0. The number of hydrogen-bond donors (Lipinski definition) is 4. The summed E-state index contributed by atoms with van der Waals surface area (Å²) in [4.78, 5) is 41.7. The topological polar surface area (TPSA) is 128 Å². The second-order valence-electron chi connectivity index (χ2n) is 11.3. The lowest BCUT2D eigenvalue weighted by molar-refractivity contribution is -0.148. The van der Waals surface area contributed by atoms with Crippen LogP contribution in [0.25, 0.3) is 0 Å². The summed E-state index contributed by atoms with van der Waals surface area (Å²) in [6.07, 6.45) is -1.43. The normalized spacial score (nSPS) is 17.1. The van der Waals surface area contributed by atoms with Gasteiger partial charge in [0.25, 0.3) is 11.8 Å². The van der Waals surface area contributed by atoms with E-state index >= 15 is 0 Å². The highest BCUT2D eigenvalue weighted by molar-refractivity contribution is 8.00. The van der Waals surface area contributed by atoms with Gasteiger partial charge in [0.1, 0.15) is 17.5 Å². The minimum Gasteiger partial charge on any atom is -0.508 e. The molecule has 0 bridgehead atoms. The fourth-order valence-electron chi connectivity index (χ4n) is 5.22. The summed E-state index contributed by atoms with van der Waals surface area (Å²) in [6, 6.07) is 19.8. The lowest BCUT2D eigenvalue weighted by Gasteiger charge is -2.33. The Morgan fingerprint density at radius 3 is 2.33 bits per heavy atom. The first-order chi connectivity index (χ1) is 20.5. The quantitative estimate of drug-likeness (QED) is 0.264. The van der Waals surface area contributed by atoms with Gasteiger partial charge in [-0.3, -0.25) is 14.4 Å². The summed E-state index contributed by atoms with van der Waals surface area (Å²) in [5.74, 6) is -0.667. The third-order valence-corrected chi connectivity index (χ3v) is 8.93. The van der Waals surface area contributed by atoms with E-state index in [1.807, 2.05) is 76.2 Å². The molecule has 0 aliphatic carbocycles. The van der Waals surface area contributed by atoms with Crippen LogP contribution < -0.4 is 15.4 Å². The number of amides is 3. The molecular weight excluding hydrogens is 566 g/mol. The lowest BCUT2D eigenvalue weighted by Crippen LogP contribution is -2.59. The van der Waals surface area contributed by atoms with Crippen LogP contribution in [0.3, 0.4) is 0 Å². The third-order valence-electron chi connectivity index (χ3n) is 7.56. The number of phenols is 1. The molecule has 1 fully saturated rings. The van der Waals surface area contributed by atoms with Crippen LogP contribution in [0.2, 0.25) is 0 Å². The van der Waals surface area contributed by atoms with Gasteiger partial charge in [-0.05, 0) is 56.9 Å². The van der Waals surface area contributed by atoms with E-state index in [1.165, 1.54) is 22.7 Å². The molecule has 0 saturated carbocycles. The Kier molecular flexibility index (Phi) is 10.4. The van der Waals surface area contributed by atoms with Gasteiger partial charge in [-0.25, -0.2) is 0 Å². The molecule has 0 spiro atoms. The van der Waals surface area contributed by atoms with Gasteiger partial charge in [0, 0.05) is 16.9 Å². The monoisotopic (exact) mass is 605 g/mol. The number of carbonyl (C=O) groups excluding carboxylic acids is 3. The molecule has 0 aromatic heterocycles. The summed E-state index contributed by atoms with van der Waals surface area (Å²) in [5, 5.41) is 27.1. The molecular formula is C33H39N3O6S. The van der Waals surface area contributed by atoms with Crippen LogP contribution in [0.15, 0.2) is 72.8 Å². The Morgan fingerprint density at radius 1 is 1.00 bits per heavy atom. The molecule has 9 nitrogen and oxygen atoms in total. The summed E-state index contributed by atoms with van der Waals surface area (Å²) in [5.41, 5.74) is 3.16. The van der Waals surface area contributed by atoms with Crippen LogP contribution in [0.1, 0.15) is 36.1 Å². The van der Waals surface area contributed by atoms with E-state index < -0.39 is 40.7 Å². The van der Waals surface area contributed by atoms with Gasteiger partial charge in [-0.2, -0.15) is 0 Å². The molecule has 10 heteroatoms. The fourth-order valence-corrected chi connectivity index (χ4v) is 6.36. The maximum atomic E-state index is 13.8. The van der Waals surface area contributed by atoms with Crippen molar-refractivity contribution < 1.29 is 29.3 Å². The molecule has 1 aliphatic rings. The van der Waals surface area contributed by atoms with Gasteiger partial charge < -0.3 is 30.5 Å². The van der Waals surface area contributed by atoms with Crippen molar-refractivity contribution in [2.75, 3.05) is 12.5 Å². The number of nitrogens with one attached hydrogen (secondary N) is 2.